The number of H-pyrrole nitrogens is 1. The molecule has 174 valence electrons. The van der Waals surface area contributed by atoms with Crippen molar-refractivity contribution in [3.8, 4) is 22.1 Å². The van der Waals surface area contributed by atoms with Gasteiger partial charge in [-0.3, -0.25) is 4.79 Å². The Kier molecular flexibility index (Phi) is 7.17. The summed E-state index contributed by atoms with van der Waals surface area (Å²) in [5.74, 6) is -0.621. The van der Waals surface area contributed by atoms with E-state index in [-0.39, 0.29) is 11.4 Å². The molecule has 2 aromatic heterocycles. The van der Waals surface area contributed by atoms with E-state index < -0.39 is 23.8 Å². The average molecular weight is 473 g/mol. The zero-order valence-electron chi connectivity index (χ0n) is 19.1. The van der Waals surface area contributed by atoms with Crippen molar-refractivity contribution in [3.05, 3.63) is 51.8 Å². The highest BCUT2D eigenvalue weighted by Crippen LogP contribution is 2.33. The Hall–Kier alpha value is -3.66. The fourth-order valence-electron chi connectivity index (χ4n) is 3.35. The Bertz CT molecular complexity index is 1210. The maximum atomic E-state index is 12.9. The Morgan fingerprint density at radius 1 is 1.03 bits per heavy atom. The number of ketones is 1. The number of aromatic nitrogens is 2. The van der Waals surface area contributed by atoms with Crippen LogP contribution in [0.1, 0.15) is 49.5 Å². The molecule has 1 N–H and O–H groups in total. The van der Waals surface area contributed by atoms with E-state index in [9.17, 15) is 14.4 Å². The molecule has 0 spiro atoms. The molecule has 2 heterocycles. The predicted octanol–water partition coefficient (Wildman–Crippen LogP) is 3.99. The molecule has 1 aromatic carbocycles. The standard InChI is InChI=1S/C23H24N2O7S/c1-11-18(23(28)31-6)12(2)24-19(11)20(26)13(3)32-22(27)15-10-33-21(25-15)14-7-8-16(29-4)17(9-14)30-5/h7-10,13,24H,1-6H3. The zero-order valence-corrected chi connectivity index (χ0v) is 19.9. The van der Waals surface area contributed by atoms with Crippen molar-refractivity contribution in [2.45, 2.75) is 26.9 Å². The molecule has 0 aliphatic heterocycles. The number of methoxy groups -OCH3 is 3. The highest BCUT2D eigenvalue weighted by Gasteiger charge is 2.28. The van der Waals surface area contributed by atoms with Gasteiger partial charge in [0.1, 0.15) is 5.01 Å². The fourth-order valence-corrected chi connectivity index (χ4v) is 4.14. The number of aromatic amines is 1. The van der Waals surface area contributed by atoms with E-state index >= 15 is 0 Å². The first-order valence-electron chi connectivity index (χ1n) is 9.92. The van der Waals surface area contributed by atoms with Gasteiger partial charge < -0.3 is 23.9 Å². The lowest BCUT2D eigenvalue weighted by molar-refractivity contribution is 0.0312. The van der Waals surface area contributed by atoms with E-state index in [4.69, 9.17) is 18.9 Å². The number of aryl methyl sites for hydroxylation is 1. The van der Waals surface area contributed by atoms with Gasteiger partial charge >= 0.3 is 11.9 Å². The van der Waals surface area contributed by atoms with Gasteiger partial charge in [-0.1, -0.05) is 0 Å². The molecule has 3 aromatic rings. The van der Waals surface area contributed by atoms with Gasteiger partial charge in [-0.05, 0) is 44.5 Å². The van der Waals surface area contributed by atoms with Gasteiger partial charge in [-0.25, -0.2) is 14.6 Å². The van der Waals surface area contributed by atoms with Crippen molar-refractivity contribution >= 4 is 29.1 Å². The van der Waals surface area contributed by atoms with Crippen LogP contribution in [-0.2, 0) is 9.47 Å². The summed E-state index contributed by atoms with van der Waals surface area (Å²) in [6.45, 7) is 4.76. The monoisotopic (exact) mass is 472 g/mol. The largest absolute Gasteiger partial charge is 0.493 e. The number of hydrogen-bond acceptors (Lipinski definition) is 9. The maximum Gasteiger partial charge on any atom is 0.358 e. The van der Waals surface area contributed by atoms with Crippen LogP contribution in [0.3, 0.4) is 0 Å². The lowest BCUT2D eigenvalue weighted by Crippen LogP contribution is -2.25. The van der Waals surface area contributed by atoms with Crippen LogP contribution >= 0.6 is 11.3 Å². The van der Waals surface area contributed by atoms with Gasteiger partial charge in [-0.2, -0.15) is 0 Å². The SMILES string of the molecule is COC(=O)c1c(C)[nH]c(C(=O)C(C)OC(=O)c2csc(-c3ccc(OC)c(OC)c3)n2)c1C. The number of Topliss-reactive ketones (excluding diaryl/α,β-unsaturated/α-hetero) is 1. The summed E-state index contributed by atoms with van der Waals surface area (Å²) >= 11 is 1.26. The molecule has 0 aliphatic carbocycles. The number of nitrogens with one attached hydrogen (secondary N) is 1. The smallest absolute Gasteiger partial charge is 0.358 e. The van der Waals surface area contributed by atoms with Crippen molar-refractivity contribution in [2.75, 3.05) is 21.3 Å². The molecule has 0 saturated heterocycles. The Balaban J connectivity index is 1.76. The van der Waals surface area contributed by atoms with E-state index in [1.807, 2.05) is 0 Å². The third-order valence-electron chi connectivity index (χ3n) is 5.07. The molecule has 9 nitrogen and oxygen atoms in total. The summed E-state index contributed by atoms with van der Waals surface area (Å²) in [5.41, 5.74) is 2.25. The third-order valence-corrected chi connectivity index (χ3v) is 5.96. The first kappa shape index (κ1) is 24.0. The molecular weight excluding hydrogens is 448 g/mol. The number of ether oxygens (including phenoxy) is 4. The molecule has 0 bridgehead atoms. The lowest BCUT2D eigenvalue weighted by atomic mass is 10.1. The molecule has 0 fully saturated rings. The number of carbonyl (C=O) groups excluding carboxylic acids is 3. The first-order chi connectivity index (χ1) is 15.7. The van der Waals surface area contributed by atoms with E-state index in [0.717, 1.165) is 5.56 Å². The van der Waals surface area contributed by atoms with Gasteiger partial charge in [0.2, 0.25) is 5.78 Å². The van der Waals surface area contributed by atoms with Gasteiger partial charge in [0.05, 0.1) is 32.6 Å². The van der Waals surface area contributed by atoms with Crippen molar-refractivity contribution < 1.29 is 33.3 Å². The molecule has 1 atom stereocenters. The Morgan fingerprint density at radius 3 is 2.36 bits per heavy atom. The highest BCUT2D eigenvalue weighted by molar-refractivity contribution is 7.13. The van der Waals surface area contributed by atoms with Gasteiger partial charge in [0.25, 0.3) is 0 Å². The summed E-state index contributed by atoms with van der Waals surface area (Å²) in [7, 11) is 4.35. The minimum absolute atomic E-state index is 0.0825. The van der Waals surface area contributed by atoms with Crippen molar-refractivity contribution in [2.24, 2.45) is 0 Å². The molecule has 1 unspecified atom stereocenters. The molecule has 0 amide bonds. The number of hydrogen-bond donors (Lipinski definition) is 1. The average Bonchev–Trinajstić information content (AvgIpc) is 3.42. The molecule has 0 aliphatic rings. The normalized spacial score (nSPS) is 11.6. The summed E-state index contributed by atoms with van der Waals surface area (Å²) in [6.07, 6.45) is -1.09. The van der Waals surface area contributed by atoms with Crippen LogP contribution < -0.4 is 9.47 Å². The summed E-state index contributed by atoms with van der Waals surface area (Å²) in [6, 6.07) is 5.31. The number of benzene rings is 1. The minimum Gasteiger partial charge on any atom is -0.493 e. The van der Waals surface area contributed by atoms with Crippen LogP contribution in [0, 0.1) is 13.8 Å². The second kappa shape index (κ2) is 9.86. The molecule has 33 heavy (non-hydrogen) atoms. The Labute approximate surface area is 194 Å². The van der Waals surface area contributed by atoms with E-state index in [1.54, 1.807) is 44.5 Å². The minimum atomic E-state index is -1.09. The predicted molar refractivity (Wildman–Crippen MR) is 121 cm³/mol. The van der Waals surface area contributed by atoms with E-state index in [2.05, 4.69) is 9.97 Å². The topological polar surface area (TPSA) is 117 Å². The first-order valence-corrected chi connectivity index (χ1v) is 10.8. The number of esters is 2. The molecular formula is C23H24N2O7S. The second-order valence-electron chi connectivity index (χ2n) is 7.14. The molecule has 3 rings (SSSR count). The van der Waals surface area contributed by atoms with Crippen molar-refractivity contribution in [1.29, 1.82) is 0 Å². The second-order valence-corrected chi connectivity index (χ2v) is 7.99. The summed E-state index contributed by atoms with van der Waals surface area (Å²) in [5, 5.41) is 2.14. The van der Waals surface area contributed by atoms with Gasteiger partial charge in [-0.15, -0.1) is 11.3 Å². The van der Waals surface area contributed by atoms with Crippen molar-refractivity contribution in [1.82, 2.24) is 9.97 Å². The molecule has 10 heteroatoms. The quantitative estimate of drug-likeness (QED) is 0.386. The fraction of sp³-hybridized carbons (Fsp3) is 0.304. The molecule has 0 radical (unpaired) electrons. The summed E-state index contributed by atoms with van der Waals surface area (Å²) in [4.78, 5) is 44.7. The van der Waals surface area contributed by atoms with E-state index in [1.165, 1.54) is 32.5 Å². The number of nitrogens with zero attached hydrogens (tertiary/aromatic N) is 1. The molecule has 0 saturated carbocycles. The van der Waals surface area contributed by atoms with Crippen LogP contribution in [0.15, 0.2) is 23.6 Å². The third kappa shape index (κ3) is 4.75. The van der Waals surface area contributed by atoms with Crippen LogP contribution in [0.5, 0.6) is 11.5 Å². The van der Waals surface area contributed by atoms with E-state index in [0.29, 0.717) is 33.3 Å². The van der Waals surface area contributed by atoms with Crippen LogP contribution in [0.4, 0.5) is 0 Å². The van der Waals surface area contributed by atoms with Gasteiger partial charge in [0, 0.05) is 16.6 Å². The van der Waals surface area contributed by atoms with Crippen molar-refractivity contribution in [3.63, 3.8) is 0 Å². The Morgan fingerprint density at radius 2 is 1.73 bits per heavy atom. The summed E-state index contributed by atoms with van der Waals surface area (Å²) < 4.78 is 20.7. The zero-order chi connectivity index (χ0) is 24.3. The van der Waals surface area contributed by atoms with Crippen LogP contribution in [-0.4, -0.2) is 55.1 Å². The highest BCUT2D eigenvalue weighted by atomic mass is 32.1. The van der Waals surface area contributed by atoms with Gasteiger partial charge in [0.15, 0.2) is 23.3 Å². The number of thiazole rings is 1. The van der Waals surface area contributed by atoms with Crippen LogP contribution in [0.25, 0.3) is 10.6 Å². The number of rotatable bonds is 8. The maximum absolute atomic E-state index is 12.9. The van der Waals surface area contributed by atoms with Crippen LogP contribution in [0.2, 0.25) is 0 Å². The lowest BCUT2D eigenvalue weighted by Gasteiger charge is -2.11. The number of carbonyl (C=O) groups is 3.